The van der Waals surface area contributed by atoms with E-state index in [1.807, 2.05) is 0 Å². The number of hydrogen-bond donors (Lipinski definition) is 8. The highest BCUT2D eigenvalue weighted by Gasteiger charge is 2.31. The average Bonchev–Trinajstić information content (AvgIpc) is 2.75. The van der Waals surface area contributed by atoms with Gasteiger partial charge in [0.1, 0.15) is 24.2 Å². The molecule has 0 spiro atoms. The van der Waals surface area contributed by atoms with Crippen LogP contribution in [0.25, 0.3) is 0 Å². The first-order valence-electron chi connectivity index (χ1n) is 9.96. The van der Waals surface area contributed by atoms with Crippen LogP contribution in [0.2, 0.25) is 0 Å². The number of aliphatic hydroxyl groups excluding tert-OH is 1. The molecule has 0 aliphatic carbocycles. The fraction of sp³-hybridized carbons (Fsp3) is 0.450. The minimum Gasteiger partial charge on any atom is -0.480 e. The predicted octanol–water partition coefficient (Wildman–Crippen LogP) is -2.72. The molecule has 0 aliphatic heterocycles. The van der Waals surface area contributed by atoms with Gasteiger partial charge < -0.3 is 37.6 Å². The minimum atomic E-state index is -1.48. The number of carboxylic acid groups (broad SMARTS) is 1. The molecule has 5 unspecified atom stereocenters. The van der Waals surface area contributed by atoms with Gasteiger partial charge in [0.15, 0.2) is 0 Å². The summed E-state index contributed by atoms with van der Waals surface area (Å²) in [5.41, 5.74) is 11.3. The van der Waals surface area contributed by atoms with Crippen LogP contribution in [0.4, 0.5) is 0 Å². The number of carbonyl (C=O) groups is 5. The van der Waals surface area contributed by atoms with Crippen LogP contribution in [-0.4, -0.2) is 75.8 Å². The van der Waals surface area contributed by atoms with Crippen molar-refractivity contribution < 1.29 is 34.2 Å². The monoisotopic (exact) mass is 483 g/mol. The van der Waals surface area contributed by atoms with Gasteiger partial charge in [-0.05, 0) is 12.5 Å². The van der Waals surface area contributed by atoms with Gasteiger partial charge in [-0.2, -0.15) is 12.6 Å². The van der Waals surface area contributed by atoms with E-state index in [9.17, 15) is 34.2 Å². The summed E-state index contributed by atoms with van der Waals surface area (Å²) in [4.78, 5) is 60.2. The Hall–Kier alpha value is -3.16. The van der Waals surface area contributed by atoms with E-state index < -0.39 is 66.3 Å². The van der Waals surface area contributed by atoms with E-state index in [0.717, 1.165) is 0 Å². The van der Waals surface area contributed by atoms with Crippen molar-refractivity contribution in [1.29, 1.82) is 0 Å². The highest BCUT2D eigenvalue weighted by Crippen LogP contribution is 2.05. The van der Waals surface area contributed by atoms with Crippen molar-refractivity contribution in [3.05, 3.63) is 35.9 Å². The molecular formula is C20H29N5O7S. The van der Waals surface area contributed by atoms with Gasteiger partial charge in [-0.15, -0.1) is 0 Å². The summed E-state index contributed by atoms with van der Waals surface area (Å²) >= 11 is 4.02. The van der Waals surface area contributed by atoms with Crippen LogP contribution in [0.5, 0.6) is 0 Å². The Bertz CT molecular complexity index is 852. The predicted molar refractivity (Wildman–Crippen MR) is 121 cm³/mol. The second-order valence-corrected chi connectivity index (χ2v) is 7.70. The van der Waals surface area contributed by atoms with Gasteiger partial charge in [-0.25, -0.2) is 4.79 Å². The van der Waals surface area contributed by atoms with E-state index in [-0.39, 0.29) is 12.2 Å². The number of aliphatic hydroxyl groups is 1. The number of carbonyl (C=O) groups excluding carboxylic acids is 4. The molecule has 12 nitrogen and oxygen atoms in total. The van der Waals surface area contributed by atoms with Crippen molar-refractivity contribution in [3.8, 4) is 0 Å². The Kier molecular flexibility index (Phi) is 11.3. The molecule has 4 amide bonds. The summed E-state index contributed by atoms with van der Waals surface area (Å²) in [5, 5.41) is 25.7. The van der Waals surface area contributed by atoms with Crippen molar-refractivity contribution in [3.63, 3.8) is 0 Å². The first kappa shape index (κ1) is 27.9. The molecule has 0 saturated carbocycles. The number of nitrogens with one attached hydrogen (secondary N) is 3. The lowest BCUT2D eigenvalue weighted by atomic mass is 10.1. The first-order valence-corrected chi connectivity index (χ1v) is 10.6. The van der Waals surface area contributed by atoms with Crippen LogP contribution in [0.15, 0.2) is 30.3 Å². The smallest absolute Gasteiger partial charge is 0.326 e. The third kappa shape index (κ3) is 9.47. The third-order valence-corrected chi connectivity index (χ3v) is 4.94. The molecule has 0 aromatic heterocycles. The van der Waals surface area contributed by atoms with Gasteiger partial charge in [0.2, 0.25) is 23.6 Å². The maximum absolute atomic E-state index is 12.6. The molecule has 0 heterocycles. The molecule has 33 heavy (non-hydrogen) atoms. The number of rotatable bonds is 13. The van der Waals surface area contributed by atoms with Crippen molar-refractivity contribution in [2.24, 2.45) is 11.5 Å². The molecule has 5 atom stereocenters. The summed E-state index contributed by atoms with van der Waals surface area (Å²) in [7, 11) is 0. The number of aliphatic carboxylic acids is 1. The van der Waals surface area contributed by atoms with E-state index in [0.29, 0.717) is 5.56 Å². The summed E-state index contributed by atoms with van der Waals surface area (Å²) in [6.45, 7) is 1.27. The van der Waals surface area contributed by atoms with Crippen molar-refractivity contribution in [1.82, 2.24) is 16.0 Å². The fourth-order valence-corrected chi connectivity index (χ4v) is 2.94. The standard InChI is InChI=1S/C20H29N5O7S/c1-10(26)16(22)19(30)23-12(8-15(21)27)17(28)25-14(9-33)18(29)24-13(20(31)32)7-11-5-3-2-4-6-11/h2-6,10,12-14,16,26,33H,7-9,22H2,1H3,(H2,21,27)(H,23,30)(H,24,29)(H,25,28)(H,31,32). The van der Waals surface area contributed by atoms with Crippen molar-refractivity contribution in [2.75, 3.05) is 5.75 Å². The van der Waals surface area contributed by atoms with Crippen molar-refractivity contribution >= 4 is 42.2 Å². The molecular weight excluding hydrogens is 454 g/mol. The maximum Gasteiger partial charge on any atom is 0.326 e. The average molecular weight is 484 g/mol. The molecule has 182 valence electrons. The van der Waals surface area contributed by atoms with E-state index in [1.54, 1.807) is 30.3 Å². The quantitative estimate of drug-likeness (QED) is 0.138. The third-order valence-electron chi connectivity index (χ3n) is 4.57. The number of thiol groups is 1. The molecule has 13 heteroatoms. The Morgan fingerprint density at radius 2 is 1.45 bits per heavy atom. The topological polar surface area (TPSA) is 214 Å². The number of hydrogen-bond acceptors (Lipinski definition) is 8. The van der Waals surface area contributed by atoms with Crippen LogP contribution < -0.4 is 27.4 Å². The van der Waals surface area contributed by atoms with Crippen LogP contribution >= 0.6 is 12.6 Å². The number of carboxylic acids is 1. The van der Waals surface area contributed by atoms with Crippen LogP contribution in [0.3, 0.4) is 0 Å². The lowest BCUT2D eigenvalue weighted by Gasteiger charge is -2.24. The van der Waals surface area contributed by atoms with Gasteiger partial charge in [-0.1, -0.05) is 30.3 Å². The molecule has 0 radical (unpaired) electrons. The second-order valence-electron chi connectivity index (χ2n) is 7.33. The highest BCUT2D eigenvalue weighted by atomic mass is 32.1. The lowest BCUT2D eigenvalue weighted by molar-refractivity contribution is -0.142. The van der Waals surface area contributed by atoms with E-state index >= 15 is 0 Å². The van der Waals surface area contributed by atoms with Gasteiger partial charge in [0, 0.05) is 12.2 Å². The van der Waals surface area contributed by atoms with E-state index in [2.05, 4.69) is 28.6 Å². The normalized spacial score (nSPS) is 15.3. The zero-order valence-electron chi connectivity index (χ0n) is 17.9. The summed E-state index contributed by atoms with van der Waals surface area (Å²) in [6, 6.07) is 3.22. The minimum absolute atomic E-state index is 0.00669. The Labute approximate surface area is 195 Å². The SMILES string of the molecule is CC(O)C(N)C(=O)NC(CC(N)=O)C(=O)NC(CS)C(=O)NC(Cc1ccccc1)C(=O)O. The van der Waals surface area contributed by atoms with E-state index in [4.69, 9.17) is 11.5 Å². The number of primary amides is 1. The van der Waals surface area contributed by atoms with Gasteiger partial charge >= 0.3 is 5.97 Å². The molecule has 1 aromatic rings. The molecule has 0 bridgehead atoms. The van der Waals surface area contributed by atoms with Crippen molar-refractivity contribution in [2.45, 2.75) is 50.0 Å². The molecule has 1 rings (SSSR count). The summed E-state index contributed by atoms with van der Waals surface area (Å²) in [6.07, 6.45) is -1.82. The molecule has 1 aromatic carbocycles. The zero-order valence-corrected chi connectivity index (χ0v) is 18.8. The first-order chi connectivity index (χ1) is 15.5. The molecule has 9 N–H and O–H groups in total. The second kappa shape index (κ2) is 13.4. The maximum atomic E-state index is 12.6. The van der Waals surface area contributed by atoms with Crippen LogP contribution in [-0.2, 0) is 30.4 Å². The van der Waals surface area contributed by atoms with Gasteiger partial charge in [-0.3, -0.25) is 19.2 Å². The lowest BCUT2D eigenvalue weighted by Crippen LogP contribution is -2.59. The highest BCUT2D eigenvalue weighted by molar-refractivity contribution is 7.80. The molecule has 0 saturated heterocycles. The largest absolute Gasteiger partial charge is 0.480 e. The summed E-state index contributed by atoms with van der Waals surface area (Å²) in [5.74, 6) is -5.08. The number of benzene rings is 1. The number of nitrogens with two attached hydrogens (primary N) is 2. The van der Waals surface area contributed by atoms with Crippen LogP contribution in [0, 0.1) is 0 Å². The van der Waals surface area contributed by atoms with Crippen LogP contribution in [0.1, 0.15) is 18.9 Å². The summed E-state index contributed by atoms with van der Waals surface area (Å²) < 4.78 is 0. The zero-order chi connectivity index (χ0) is 25.1. The Morgan fingerprint density at radius 3 is 1.94 bits per heavy atom. The fourth-order valence-electron chi connectivity index (χ4n) is 2.69. The van der Waals surface area contributed by atoms with Gasteiger partial charge in [0.25, 0.3) is 0 Å². The van der Waals surface area contributed by atoms with E-state index in [1.165, 1.54) is 6.92 Å². The Balaban J connectivity index is 2.88. The molecule has 0 aliphatic rings. The van der Waals surface area contributed by atoms with Gasteiger partial charge in [0.05, 0.1) is 12.5 Å². The number of amides is 4. The molecule has 0 fully saturated rings. The Morgan fingerprint density at radius 1 is 0.939 bits per heavy atom.